The molecule has 4 aliphatic heterocycles. The number of halogens is 9. The summed E-state index contributed by atoms with van der Waals surface area (Å²) in [4.78, 5) is 129. The molecular weight excluding hydrogens is 1820 g/mol. The average Bonchev–Trinajstić information content (AvgIpc) is 1.73. The monoisotopic (exact) mass is 1880 g/mol. The molecule has 0 bridgehead atoms. The zero-order valence-corrected chi connectivity index (χ0v) is 68.3. The quantitative estimate of drug-likeness (QED) is 0.00512. The predicted molar refractivity (Wildman–Crippen MR) is 438 cm³/mol. The van der Waals surface area contributed by atoms with Crippen molar-refractivity contribution in [2.45, 2.75) is 51.4 Å². The number of pyridine rings is 2. The van der Waals surface area contributed by atoms with Crippen LogP contribution in [0.5, 0.6) is 0 Å². The van der Waals surface area contributed by atoms with Gasteiger partial charge >= 0.3 is 0 Å². The molecule has 10 aromatic rings. The topological polar surface area (TPSA) is 351 Å². The Balaban J connectivity index is 0.000000184. The molecular formula is C76H68Br5Cl4N11O13. The number of carbonyl (C=O) groups excluding carboxylic acids is 9. The van der Waals surface area contributed by atoms with Crippen molar-refractivity contribution in [3.05, 3.63) is 266 Å². The van der Waals surface area contributed by atoms with E-state index in [1.54, 1.807) is 72.8 Å². The maximum Gasteiger partial charge on any atom is 0.285 e. The number of imide groups is 3. The summed E-state index contributed by atoms with van der Waals surface area (Å²) < 4.78 is 4.82. The number of fused-ring (bicyclic) bond motifs is 6. The van der Waals surface area contributed by atoms with Crippen LogP contribution in [0.2, 0.25) is 5.15 Å². The van der Waals surface area contributed by atoms with Crippen molar-refractivity contribution in [2.24, 2.45) is 11.7 Å². The van der Waals surface area contributed by atoms with Crippen molar-refractivity contribution in [1.82, 2.24) is 25.2 Å². The van der Waals surface area contributed by atoms with Gasteiger partial charge in [-0.1, -0.05) is 158 Å². The molecule has 6 heterocycles. The molecule has 0 saturated heterocycles. The molecule has 33 heteroatoms. The fourth-order valence-corrected chi connectivity index (χ4v) is 12.5. The van der Waals surface area contributed by atoms with Gasteiger partial charge in [-0.15, -0.1) is 38.4 Å². The molecule has 0 atom stereocenters. The van der Waals surface area contributed by atoms with E-state index in [1.807, 2.05) is 97.1 Å². The first-order valence-electron chi connectivity index (χ1n) is 32.8. The van der Waals surface area contributed by atoms with Crippen molar-refractivity contribution >= 4 is 223 Å². The molecule has 10 N–H and O–H groups in total. The highest BCUT2D eigenvalue weighted by molar-refractivity contribution is 9.11. The van der Waals surface area contributed by atoms with E-state index in [9.17, 15) is 43.2 Å². The summed E-state index contributed by atoms with van der Waals surface area (Å²) in [5.41, 5.74) is 16.2. The van der Waals surface area contributed by atoms with Gasteiger partial charge < -0.3 is 16.4 Å². The van der Waals surface area contributed by atoms with E-state index >= 15 is 0 Å². The minimum absolute atomic E-state index is 0.00347. The van der Waals surface area contributed by atoms with E-state index < -0.39 is 35.4 Å². The molecule has 109 heavy (non-hydrogen) atoms. The summed E-state index contributed by atoms with van der Waals surface area (Å²) in [5, 5.41) is 18.4. The van der Waals surface area contributed by atoms with Crippen LogP contribution < -0.4 is 33.5 Å². The third-order valence-corrected chi connectivity index (χ3v) is 18.6. The Morgan fingerprint density at radius 2 is 0.917 bits per heavy atom. The van der Waals surface area contributed by atoms with Crippen LogP contribution in [-0.2, 0) is 41.7 Å². The number of hydroxylamine groups is 6. The van der Waals surface area contributed by atoms with Crippen LogP contribution in [0.15, 0.2) is 216 Å². The second-order valence-electron chi connectivity index (χ2n) is 22.8. The molecule has 2 aromatic heterocycles. The first-order valence-corrected chi connectivity index (χ1v) is 38.6. The van der Waals surface area contributed by atoms with E-state index in [2.05, 4.69) is 130 Å². The molecule has 0 aliphatic carbocycles. The molecule has 0 spiro atoms. The normalized spacial score (nSPS) is 12.5. The first kappa shape index (κ1) is 87.8. The van der Waals surface area contributed by atoms with Crippen LogP contribution in [0.4, 0.5) is 22.9 Å². The number of carbonyl (C=O) groups is 9. The number of anilines is 4. The number of nitrogens with zero attached hydrogens (tertiary/aromatic N) is 5. The predicted octanol–water partition coefficient (Wildman–Crippen LogP) is 17.4. The molecule has 14 rings (SSSR count). The minimum atomic E-state index is -0.657. The first-order chi connectivity index (χ1) is 52.4. The SMILES string of the molecule is Brc1ccc2cc3c(nc2c1)NOCC3.NN.Nc1cccc(Br)c1.O=C(CCCCl)Nc1cccc(Br)c1.O=C(CCCON1C(=O)c2ccccc2C1=O)Nc1cccc(Br)c1.O=C(Cl)CCCCl.O=C1c2ccccc2C(=O)N1O.O=C1c2ccccc2C(=O)N1OCCc1cc2ccc(Br)cc2nc1Cl. The third-order valence-electron chi connectivity index (χ3n) is 15.1. The summed E-state index contributed by atoms with van der Waals surface area (Å²) in [6, 6.07) is 57.8. The number of benzene rings is 8. The van der Waals surface area contributed by atoms with Crippen LogP contribution in [0.1, 0.15) is 112 Å². The number of nitrogen functional groups attached to an aromatic ring is 1. The second kappa shape index (κ2) is 45.0. The van der Waals surface area contributed by atoms with Gasteiger partial charge in [0.05, 0.1) is 64.2 Å². The molecule has 8 amide bonds. The Hall–Kier alpha value is -8.47. The minimum Gasteiger partial charge on any atom is -0.399 e. The number of nitrogens with one attached hydrogen (secondary N) is 3. The van der Waals surface area contributed by atoms with Crippen LogP contribution in [0, 0.1) is 0 Å². The van der Waals surface area contributed by atoms with Crippen LogP contribution in [0.25, 0.3) is 21.8 Å². The summed E-state index contributed by atoms with van der Waals surface area (Å²) in [6.45, 7) is 0.934. The fraction of sp³-hybridized carbons (Fsp3) is 0.171. The lowest BCUT2D eigenvalue weighted by atomic mass is 10.1. The number of amides is 8. The van der Waals surface area contributed by atoms with E-state index in [0.717, 1.165) is 78.1 Å². The summed E-state index contributed by atoms with van der Waals surface area (Å²) in [5.74, 6) is 6.56. The Kier molecular flexibility index (Phi) is 36.2. The van der Waals surface area contributed by atoms with Crippen LogP contribution in [-0.4, -0.2) is 114 Å². The van der Waals surface area contributed by atoms with Crippen molar-refractivity contribution < 1.29 is 62.9 Å². The van der Waals surface area contributed by atoms with Crippen molar-refractivity contribution in [2.75, 3.05) is 53.4 Å². The standard InChI is InChI=1S/C19H12BrClN2O3.C18H15BrN2O4.C11H9BrN2O.C10H11BrClNO.C8H5NO3.C6H6BrN.C4H6Cl2O.H4N2/c20-13-6-5-11-9-12(17(21)22-16(11)10-13)7-8-26-23-18(24)14-3-1-2-4-15(14)19(23)25;19-12-5-3-6-13(11-12)20-16(22)9-4-10-25-21-17(23)14-7-1-2-8-15(14)18(21)24;12-9-2-1-7-5-8-3-4-15-14-11(8)13-10(7)6-9;11-8-3-1-4-9(7-8)13-10(14)5-2-6-12;10-7-5-3-1-2-4-6(5)8(11)9(7)12;7-5-2-1-3-6(8)4-5;5-3-1-2-4(6)7;1-2/h1-6,9-10H,7-8H2;1-3,5-8,11H,4,9-10H2,(H,20,22);1-2,5-6H,3-4H2,(H,13,14);1,3-4,7H,2,5-6H2,(H,13,14);1-4,12H;1-4H,8H2;1-3H2;1-2H2. The lowest BCUT2D eigenvalue weighted by Gasteiger charge is -2.17. The molecule has 0 saturated carbocycles. The molecule has 0 radical (unpaired) electrons. The van der Waals surface area contributed by atoms with Gasteiger partial charge in [0.15, 0.2) is 5.82 Å². The Morgan fingerprint density at radius 1 is 0.505 bits per heavy atom. The molecule has 568 valence electrons. The zero-order valence-electron chi connectivity index (χ0n) is 57.4. The molecule has 8 aromatic carbocycles. The van der Waals surface area contributed by atoms with Gasteiger partial charge in [-0.25, -0.2) is 15.4 Å². The van der Waals surface area contributed by atoms with Crippen LogP contribution >= 0.6 is 126 Å². The zero-order chi connectivity index (χ0) is 79.1. The highest BCUT2D eigenvalue weighted by atomic mass is 79.9. The largest absolute Gasteiger partial charge is 0.399 e. The number of hydrogen-bond acceptors (Lipinski definition) is 19. The lowest BCUT2D eigenvalue weighted by Crippen LogP contribution is -2.30. The Morgan fingerprint density at radius 3 is 1.35 bits per heavy atom. The second-order valence-corrected chi connectivity index (χ2v) is 28.9. The highest BCUT2D eigenvalue weighted by Gasteiger charge is 2.38. The van der Waals surface area contributed by atoms with E-state index in [0.29, 0.717) is 90.0 Å². The molecule has 0 fully saturated rings. The Bertz CT molecular complexity index is 4800. The highest BCUT2D eigenvalue weighted by Crippen LogP contribution is 2.30. The van der Waals surface area contributed by atoms with E-state index in [4.69, 9.17) is 71.9 Å². The van der Waals surface area contributed by atoms with Crippen molar-refractivity contribution in [3.63, 3.8) is 0 Å². The summed E-state index contributed by atoms with van der Waals surface area (Å²) in [6.07, 6.45) is 4.20. The van der Waals surface area contributed by atoms with Crippen molar-refractivity contribution in [3.8, 4) is 0 Å². The molecule has 24 nitrogen and oxygen atoms in total. The number of nitrogens with two attached hydrogens (primary N) is 3. The van der Waals surface area contributed by atoms with Gasteiger partial charge in [-0.3, -0.25) is 74.6 Å². The van der Waals surface area contributed by atoms with Crippen molar-refractivity contribution in [1.29, 1.82) is 0 Å². The smallest absolute Gasteiger partial charge is 0.285 e. The Labute approximate surface area is 688 Å². The number of hydrazine groups is 1. The van der Waals surface area contributed by atoms with Gasteiger partial charge in [0.1, 0.15) is 5.15 Å². The maximum absolute atomic E-state index is 12.3. The number of alkyl halides is 2. The summed E-state index contributed by atoms with van der Waals surface area (Å²) in [7, 11) is 0. The molecule has 0 unspecified atom stereocenters. The number of hydrogen-bond donors (Lipinski definition) is 7. The van der Waals surface area contributed by atoms with E-state index in [-0.39, 0.29) is 52.9 Å². The van der Waals surface area contributed by atoms with Gasteiger partial charge in [-0.2, -0.15) is 0 Å². The third kappa shape index (κ3) is 26.6. The van der Waals surface area contributed by atoms with Gasteiger partial charge in [0, 0.05) is 94.1 Å². The summed E-state index contributed by atoms with van der Waals surface area (Å²) >= 11 is 38.7. The number of rotatable bonds is 17. The van der Waals surface area contributed by atoms with E-state index in [1.165, 1.54) is 23.1 Å². The van der Waals surface area contributed by atoms with Gasteiger partial charge in [-0.05, 0) is 169 Å². The maximum atomic E-state index is 12.3. The average molecular weight is 1880 g/mol. The van der Waals surface area contributed by atoms with Crippen LogP contribution in [0.3, 0.4) is 0 Å². The lowest BCUT2D eigenvalue weighted by molar-refractivity contribution is -0.118. The number of aromatic nitrogens is 2. The van der Waals surface area contributed by atoms with Gasteiger partial charge in [0.25, 0.3) is 35.4 Å². The fourth-order valence-electron chi connectivity index (χ4n) is 9.98. The van der Waals surface area contributed by atoms with Gasteiger partial charge in [0.2, 0.25) is 17.1 Å². The molecule has 4 aliphatic rings.